The van der Waals surface area contributed by atoms with Crippen molar-refractivity contribution in [3.8, 4) is 0 Å². The van der Waals surface area contributed by atoms with Crippen LogP contribution in [0.3, 0.4) is 0 Å². The van der Waals surface area contributed by atoms with Gasteiger partial charge in [-0.15, -0.1) is 0 Å². The molecule has 1 atom stereocenters. The molecule has 0 saturated carbocycles. The van der Waals surface area contributed by atoms with Crippen LogP contribution >= 0.6 is 0 Å². The third-order valence-corrected chi connectivity index (χ3v) is 6.55. The lowest BCUT2D eigenvalue weighted by Gasteiger charge is -2.17. The quantitative estimate of drug-likeness (QED) is 0.585. The number of carbonyl (C=O) groups excluding carboxylic acids is 2. The number of nitrogens with one attached hydrogen (secondary N) is 1. The summed E-state index contributed by atoms with van der Waals surface area (Å²) >= 11 is 0. The van der Waals surface area contributed by atoms with Crippen LogP contribution in [0.25, 0.3) is 10.8 Å². The highest BCUT2D eigenvalue weighted by atomic mass is 32.2. The standard InChI is InChI=1S/C22H21N3O4S/c23-12-15-4-3-5-16(10-15)13-25-14-20(26)21(22(25)27)24-30(28,29)19-9-8-17-6-1-2-7-18(17)11-19/h1-11,21,24H,12-14,23H2/t21-/m0/s1. The van der Waals surface area contributed by atoms with Crippen molar-refractivity contribution in [1.29, 1.82) is 0 Å². The molecule has 4 rings (SSSR count). The Morgan fingerprint density at radius 1 is 0.933 bits per heavy atom. The summed E-state index contributed by atoms with van der Waals surface area (Å²) in [4.78, 5) is 26.5. The van der Waals surface area contributed by atoms with Crippen molar-refractivity contribution in [2.75, 3.05) is 6.54 Å². The van der Waals surface area contributed by atoms with Crippen molar-refractivity contribution in [3.63, 3.8) is 0 Å². The molecule has 1 saturated heterocycles. The first-order chi connectivity index (χ1) is 14.4. The summed E-state index contributed by atoms with van der Waals surface area (Å²) < 4.78 is 27.9. The zero-order valence-electron chi connectivity index (χ0n) is 16.1. The van der Waals surface area contributed by atoms with E-state index in [0.29, 0.717) is 6.54 Å². The highest BCUT2D eigenvalue weighted by Gasteiger charge is 2.41. The van der Waals surface area contributed by atoms with Crippen molar-refractivity contribution in [2.45, 2.75) is 24.0 Å². The molecule has 8 heteroatoms. The number of nitrogens with zero attached hydrogens (tertiary/aromatic N) is 1. The third-order valence-electron chi connectivity index (χ3n) is 5.13. The lowest BCUT2D eigenvalue weighted by atomic mass is 10.1. The average Bonchev–Trinajstić information content (AvgIpc) is 3.00. The van der Waals surface area contributed by atoms with Crippen LogP contribution in [-0.2, 0) is 32.7 Å². The number of benzene rings is 3. The fraction of sp³-hybridized carbons (Fsp3) is 0.182. The van der Waals surface area contributed by atoms with Gasteiger partial charge in [0.2, 0.25) is 15.9 Å². The zero-order chi connectivity index (χ0) is 21.3. The Morgan fingerprint density at radius 2 is 1.67 bits per heavy atom. The van der Waals surface area contributed by atoms with Crippen molar-refractivity contribution in [3.05, 3.63) is 77.9 Å². The monoisotopic (exact) mass is 423 g/mol. The number of Topliss-reactive ketones (excluding diaryl/α,β-unsaturated/α-hetero) is 1. The number of likely N-dealkylation sites (tertiary alicyclic amines) is 1. The second-order valence-corrected chi connectivity index (χ2v) is 8.96. The molecule has 3 aromatic rings. The molecule has 154 valence electrons. The summed E-state index contributed by atoms with van der Waals surface area (Å²) in [6, 6.07) is 18.0. The van der Waals surface area contributed by atoms with Gasteiger partial charge in [0.15, 0.2) is 11.8 Å². The largest absolute Gasteiger partial charge is 0.329 e. The molecule has 0 aliphatic carbocycles. The van der Waals surface area contributed by atoms with Gasteiger partial charge in [0.1, 0.15) is 0 Å². The van der Waals surface area contributed by atoms with Gasteiger partial charge in [-0.1, -0.05) is 54.6 Å². The van der Waals surface area contributed by atoms with Crippen LogP contribution in [0.1, 0.15) is 11.1 Å². The number of hydrogen-bond donors (Lipinski definition) is 2. The average molecular weight is 423 g/mol. The molecular formula is C22H21N3O4S. The summed E-state index contributed by atoms with van der Waals surface area (Å²) in [5.41, 5.74) is 7.39. The van der Waals surface area contributed by atoms with E-state index in [9.17, 15) is 18.0 Å². The van der Waals surface area contributed by atoms with Gasteiger partial charge in [-0.2, -0.15) is 4.72 Å². The SMILES string of the molecule is NCc1cccc(CN2CC(=O)[C@H](NS(=O)(=O)c3ccc4ccccc4c3)C2=O)c1. The number of rotatable bonds is 6. The Balaban J connectivity index is 1.53. The summed E-state index contributed by atoms with van der Waals surface area (Å²) in [5.74, 6) is -1.03. The van der Waals surface area contributed by atoms with Gasteiger partial charge in [-0.05, 0) is 34.0 Å². The third kappa shape index (κ3) is 3.97. The Labute approximate surface area is 174 Å². The first-order valence-electron chi connectivity index (χ1n) is 9.48. The molecule has 0 radical (unpaired) electrons. The van der Waals surface area contributed by atoms with E-state index in [0.717, 1.165) is 21.9 Å². The van der Waals surface area contributed by atoms with E-state index in [2.05, 4.69) is 4.72 Å². The number of nitrogens with two attached hydrogens (primary N) is 1. The molecule has 1 aliphatic heterocycles. The molecule has 0 unspecified atom stereocenters. The highest BCUT2D eigenvalue weighted by Crippen LogP contribution is 2.21. The van der Waals surface area contributed by atoms with Gasteiger partial charge >= 0.3 is 0 Å². The molecular weight excluding hydrogens is 402 g/mol. The Hall–Kier alpha value is -3.07. The van der Waals surface area contributed by atoms with E-state index >= 15 is 0 Å². The van der Waals surface area contributed by atoms with Crippen LogP contribution in [0.2, 0.25) is 0 Å². The summed E-state index contributed by atoms with van der Waals surface area (Å²) in [5, 5.41) is 1.65. The Morgan fingerprint density at radius 3 is 2.43 bits per heavy atom. The van der Waals surface area contributed by atoms with Crippen molar-refractivity contribution < 1.29 is 18.0 Å². The predicted molar refractivity (Wildman–Crippen MR) is 113 cm³/mol. The molecule has 1 fully saturated rings. The second kappa shape index (κ2) is 7.98. The fourth-order valence-electron chi connectivity index (χ4n) is 3.56. The summed E-state index contributed by atoms with van der Waals surface area (Å²) in [7, 11) is -4.04. The van der Waals surface area contributed by atoms with Crippen LogP contribution in [0, 0.1) is 0 Å². The molecule has 30 heavy (non-hydrogen) atoms. The van der Waals surface area contributed by atoms with Gasteiger partial charge in [-0.25, -0.2) is 8.42 Å². The van der Waals surface area contributed by atoms with Crippen LogP contribution < -0.4 is 10.5 Å². The van der Waals surface area contributed by atoms with Crippen LogP contribution in [0.15, 0.2) is 71.6 Å². The minimum Gasteiger partial charge on any atom is -0.329 e. The molecule has 1 heterocycles. The number of carbonyl (C=O) groups is 2. The second-order valence-electron chi connectivity index (χ2n) is 7.25. The molecule has 3 N–H and O–H groups in total. The van der Waals surface area contributed by atoms with Crippen molar-refractivity contribution in [2.24, 2.45) is 5.73 Å². The van der Waals surface area contributed by atoms with Gasteiger partial charge in [0, 0.05) is 13.1 Å². The first kappa shape index (κ1) is 20.2. The minimum absolute atomic E-state index is 0.0101. The maximum Gasteiger partial charge on any atom is 0.249 e. The molecule has 3 aromatic carbocycles. The number of amides is 1. The Bertz CT molecular complexity index is 1240. The molecule has 1 amide bonds. The first-order valence-corrected chi connectivity index (χ1v) is 11.0. The number of hydrogen-bond acceptors (Lipinski definition) is 5. The predicted octanol–water partition coefficient (Wildman–Crippen LogP) is 1.56. The van der Waals surface area contributed by atoms with E-state index < -0.39 is 27.8 Å². The van der Waals surface area contributed by atoms with E-state index in [4.69, 9.17) is 5.73 Å². The van der Waals surface area contributed by atoms with E-state index in [-0.39, 0.29) is 18.0 Å². The van der Waals surface area contributed by atoms with Crippen LogP contribution in [0.5, 0.6) is 0 Å². The van der Waals surface area contributed by atoms with Crippen molar-refractivity contribution in [1.82, 2.24) is 9.62 Å². The van der Waals surface area contributed by atoms with E-state index in [1.165, 1.54) is 17.0 Å². The molecule has 7 nitrogen and oxygen atoms in total. The van der Waals surface area contributed by atoms with Gasteiger partial charge in [0.05, 0.1) is 11.4 Å². The molecule has 0 spiro atoms. The van der Waals surface area contributed by atoms with Gasteiger partial charge in [-0.3, -0.25) is 9.59 Å². The van der Waals surface area contributed by atoms with E-state index in [1.807, 2.05) is 42.5 Å². The lowest BCUT2D eigenvalue weighted by molar-refractivity contribution is -0.130. The smallest absolute Gasteiger partial charge is 0.249 e. The minimum atomic E-state index is -4.04. The van der Waals surface area contributed by atoms with Crippen LogP contribution in [-0.4, -0.2) is 37.6 Å². The van der Waals surface area contributed by atoms with Crippen molar-refractivity contribution >= 4 is 32.5 Å². The maximum atomic E-state index is 12.8. The summed E-state index contributed by atoms with van der Waals surface area (Å²) in [6.45, 7) is 0.443. The zero-order valence-corrected chi connectivity index (χ0v) is 16.9. The van der Waals surface area contributed by atoms with Gasteiger partial charge in [0.25, 0.3) is 0 Å². The normalized spacial score (nSPS) is 17.1. The highest BCUT2D eigenvalue weighted by molar-refractivity contribution is 7.89. The lowest BCUT2D eigenvalue weighted by Crippen LogP contribution is -2.44. The van der Waals surface area contributed by atoms with Crippen LogP contribution in [0.4, 0.5) is 0 Å². The number of sulfonamides is 1. The number of ketones is 1. The molecule has 0 aromatic heterocycles. The maximum absolute atomic E-state index is 12.8. The topological polar surface area (TPSA) is 110 Å². The fourth-order valence-corrected chi connectivity index (χ4v) is 4.77. The molecule has 1 aliphatic rings. The summed E-state index contributed by atoms with van der Waals surface area (Å²) in [6.07, 6.45) is 0. The molecule has 0 bridgehead atoms. The van der Waals surface area contributed by atoms with E-state index in [1.54, 1.807) is 12.1 Å². The number of fused-ring (bicyclic) bond motifs is 1. The Kier molecular flexibility index (Phi) is 5.38. The van der Waals surface area contributed by atoms with Gasteiger partial charge < -0.3 is 10.6 Å².